The minimum absolute atomic E-state index is 0.702. The van der Waals surface area contributed by atoms with E-state index in [1.54, 1.807) is 0 Å². The van der Waals surface area contributed by atoms with E-state index >= 15 is 0 Å². The Bertz CT molecular complexity index is 2930. The van der Waals surface area contributed by atoms with Crippen LogP contribution in [0, 0.1) is 0 Å². The third kappa shape index (κ3) is 4.06. The first-order chi connectivity index (χ1) is 25.3. The quantitative estimate of drug-likeness (QED) is 0.170. The zero-order valence-electron chi connectivity index (χ0n) is 27.5. The molecule has 10 aromatic rings. The van der Waals surface area contributed by atoms with Crippen LogP contribution in [0.15, 0.2) is 176 Å². The molecule has 1 aliphatic heterocycles. The number of para-hydroxylation sites is 1. The number of aromatic nitrogens is 3. The summed E-state index contributed by atoms with van der Waals surface area (Å²) in [6.45, 7) is 0. The monoisotopic (exact) mass is 729 g/mol. The molecule has 7 aromatic carbocycles. The van der Waals surface area contributed by atoms with Crippen molar-refractivity contribution >= 4 is 84.2 Å². The van der Waals surface area contributed by atoms with E-state index < -0.39 is 13.3 Å². The summed E-state index contributed by atoms with van der Waals surface area (Å²) in [6, 6.07) is 64.3. The van der Waals surface area contributed by atoms with E-state index in [1.165, 1.54) is 54.1 Å². The average molecular weight is 728 g/mol. The van der Waals surface area contributed by atoms with Crippen LogP contribution in [-0.4, -0.2) is 27.8 Å². The van der Waals surface area contributed by atoms with Crippen LogP contribution >= 0.6 is 11.3 Å². The fraction of sp³-hybridized carbons (Fsp3) is 0. The summed E-state index contributed by atoms with van der Waals surface area (Å²) in [5.74, 6) is 0.702. The first kappa shape index (κ1) is 29.0. The van der Waals surface area contributed by atoms with Crippen molar-refractivity contribution in [2.24, 2.45) is 0 Å². The molecule has 0 atom stereocenters. The molecule has 0 amide bonds. The first-order valence-corrected chi connectivity index (χ1v) is 22.4. The number of hydrogen-bond acceptors (Lipinski definition) is 3. The number of benzene rings is 7. The van der Waals surface area contributed by atoms with Crippen molar-refractivity contribution < 1.29 is 0 Å². The van der Waals surface area contributed by atoms with E-state index in [4.69, 9.17) is 9.97 Å². The fourth-order valence-corrected chi connectivity index (χ4v) is 20.7. The van der Waals surface area contributed by atoms with Gasteiger partial charge >= 0.3 is 303 Å². The second-order valence-electron chi connectivity index (χ2n) is 13.3. The summed E-state index contributed by atoms with van der Waals surface area (Å²) in [5, 5.41) is 5.02. The van der Waals surface area contributed by atoms with Gasteiger partial charge in [0.1, 0.15) is 0 Å². The molecule has 5 heteroatoms. The zero-order valence-corrected chi connectivity index (χ0v) is 30.4. The molecular formula is C46H29GeN3S. The molecule has 0 unspecified atom stereocenters. The Kier molecular flexibility index (Phi) is 6.30. The second-order valence-corrected chi connectivity index (χ2v) is 22.1. The van der Waals surface area contributed by atoms with Crippen molar-refractivity contribution in [2.45, 2.75) is 0 Å². The van der Waals surface area contributed by atoms with Gasteiger partial charge in [0, 0.05) is 0 Å². The molecular weight excluding hydrogens is 699 g/mol. The van der Waals surface area contributed by atoms with E-state index in [0.29, 0.717) is 5.95 Å². The summed E-state index contributed by atoms with van der Waals surface area (Å²) in [7, 11) is 0. The Morgan fingerprint density at radius 2 is 1.06 bits per heavy atom. The van der Waals surface area contributed by atoms with Gasteiger partial charge in [-0.2, -0.15) is 0 Å². The summed E-state index contributed by atoms with van der Waals surface area (Å²) >= 11 is -1.79. The Morgan fingerprint density at radius 3 is 1.82 bits per heavy atom. The molecule has 11 rings (SSSR count). The molecule has 0 saturated carbocycles. The molecule has 0 spiro atoms. The van der Waals surface area contributed by atoms with Crippen LogP contribution in [0.25, 0.3) is 70.4 Å². The molecule has 0 N–H and O–H groups in total. The van der Waals surface area contributed by atoms with Crippen LogP contribution in [0.5, 0.6) is 0 Å². The summed E-state index contributed by atoms with van der Waals surface area (Å²) in [4.78, 5) is 11.4. The number of thiophene rings is 1. The standard InChI is InChI=1S/C46H29GeN3S/c1-4-16-30(17-5-1)44-43-45(35-24-10-13-25-38(35)47(43,31-18-6-2-7-19-31)32-20-8-3-9-21-32)49-46(48-44)50-39-26-14-11-22-33(39)36-28-37-34-23-12-15-27-41(34)51-42(37)29-40(36)50/h1-29H. The van der Waals surface area contributed by atoms with Gasteiger partial charge in [0.25, 0.3) is 0 Å². The average Bonchev–Trinajstić information content (AvgIpc) is 3.83. The zero-order chi connectivity index (χ0) is 33.5. The van der Waals surface area contributed by atoms with Crippen LogP contribution in [0.2, 0.25) is 0 Å². The van der Waals surface area contributed by atoms with Gasteiger partial charge in [0.2, 0.25) is 0 Å². The molecule has 1 aliphatic rings. The van der Waals surface area contributed by atoms with Gasteiger partial charge in [-0.25, -0.2) is 0 Å². The van der Waals surface area contributed by atoms with Crippen LogP contribution < -0.4 is 17.6 Å². The molecule has 3 aromatic heterocycles. The van der Waals surface area contributed by atoms with Crippen LogP contribution in [0.3, 0.4) is 0 Å². The van der Waals surface area contributed by atoms with Gasteiger partial charge in [-0.1, -0.05) is 0 Å². The summed E-state index contributed by atoms with van der Waals surface area (Å²) < 4.78 is 10.4. The third-order valence-corrected chi connectivity index (χ3v) is 22.0. The predicted octanol–water partition coefficient (Wildman–Crippen LogP) is 8.97. The molecule has 0 aliphatic carbocycles. The molecule has 0 fully saturated rings. The van der Waals surface area contributed by atoms with Crippen molar-refractivity contribution in [3.8, 4) is 28.5 Å². The molecule has 4 heterocycles. The molecule has 3 nitrogen and oxygen atoms in total. The van der Waals surface area contributed by atoms with Crippen molar-refractivity contribution in [1.82, 2.24) is 14.5 Å². The Morgan fingerprint density at radius 1 is 0.451 bits per heavy atom. The second kappa shape index (κ2) is 11.1. The number of nitrogens with zero attached hydrogens (tertiary/aromatic N) is 3. The maximum absolute atomic E-state index is 5.71. The molecule has 238 valence electrons. The Labute approximate surface area is 301 Å². The molecule has 0 radical (unpaired) electrons. The van der Waals surface area contributed by atoms with Crippen molar-refractivity contribution in [2.75, 3.05) is 0 Å². The molecule has 0 saturated heterocycles. The van der Waals surface area contributed by atoms with Gasteiger partial charge in [0.15, 0.2) is 0 Å². The third-order valence-electron chi connectivity index (χ3n) is 10.7. The van der Waals surface area contributed by atoms with E-state index in [2.05, 4.69) is 180 Å². The maximum atomic E-state index is 5.71. The van der Waals surface area contributed by atoms with Gasteiger partial charge in [-0.3, -0.25) is 0 Å². The molecule has 0 bridgehead atoms. The summed E-state index contributed by atoms with van der Waals surface area (Å²) in [5.41, 5.74) is 6.64. The van der Waals surface area contributed by atoms with Gasteiger partial charge in [-0.05, 0) is 0 Å². The predicted molar refractivity (Wildman–Crippen MR) is 217 cm³/mol. The van der Waals surface area contributed by atoms with E-state index in [1.807, 2.05) is 11.3 Å². The number of rotatable bonds is 4. The van der Waals surface area contributed by atoms with E-state index in [-0.39, 0.29) is 0 Å². The number of hydrogen-bond donors (Lipinski definition) is 0. The van der Waals surface area contributed by atoms with Crippen LogP contribution in [0.4, 0.5) is 0 Å². The minimum atomic E-state index is -3.64. The van der Waals surface area contributed by atoms with Crippen LogP contribution in [0.1, 0.15) is 0 Å². The number of fused-ring (bicyclic) bond motifs is 9. The van der Waals surface area contributed by atoms with E-state index in [9.17, 15) is 0 Å². The normalized spacial score (nSPS) is 13.3. The fourth-order valence-electron chi connectivity index (χ4n) is 8.60. The van der Waals surface area contributed by atoms with Gasteiger partial charge in [0.05, 0.1) is 0 Å². The van der Waals surface area contributed by atoms with Crippen molar-refractivity contribution in [3.05, 3.63) is 176 Å². The van der Waals surface area contributed by atoms with Gasteiger partial charge < -0.3 is 0 Å². The van der Waals surface area contributed by atoms with Crippen molar-refractivity contribution in [1.29, 1.82) is 0 Å². The Balaban J connectivity index is 1.30. The summed E-state index contributed by atoms with van der Waals surface area (Å²) in [6.07, 6.45) is 0. The van der Waals surface area contributed by atoms with Crippen molar-refractivity contribution in [3.63, 3.8) is 0 Å². The topological polar surface area (TPSA) is 30.7 Å². The SMILES string of the molecule is c1ccc(-c2nc(-n3c4ccccc4c4cc5c(cc43)sc3ccccc35)nc3[c]2[Ge]([c]2ccccc2)([c]2ccccc2)[c]2ccccc2-3)cc1. The van der Waals surface area contributed by atoms with Crippen LogP contribution in [-0.2, 0) is 0 Å². The molecule has 51 heavy (non-hydrogen) atoms. The van der Waals surface area contributed by atoms with E-state index in [0.717, 1.165) is 28.0 Å². The first-order valence-electron chi connectivity index (χ1n) is 17.3. The Hall–Kier alpha value is -5.82. The van der Waals surface area contributed by atoms with Gasteiger partial charge in [-0.15, -0.1) is 0 Å².